The number of methoxy groups -OCH3 is 1. The SMILES string of the molecule is COc1c(-c2ccc(F)cc2OC(F)F)cccc1C(F)(F)F. The highest BCUT2D eigenvalue weighted by molar-refractivity contribution is 5.77. The molecule has 0 aliphatic rings. The standard InChI is InChI=1S/C15H10F6O2/c1-22-13-10(3-2-4-11(13)15(19,20)21)9-6-5-8(16)7-12(9)23-14(17)18/h2-7,14H,1H3. The Hall–Kier alpha value is -2.38. The number of hydrogen-bond acceptors (Lipinski definition) is 2. The second-order valence-electron chi connectivity index (χ2n) is 4.40. The molecule has 0 N–H and O–H groups in total. The number of ether oxygens (including phenoxy) is 2. The molecule has 0 unspecified atom stereocenters. The number of benzene rings is 2. The van der Waals surface area contributed by atoms with Gasteiger partial charge in [0.1, 0.15) is 17.3 Å². The van der Waals surface area contributed by atoms with Gasteiger partial charge in [0.15, 0.2) is 0 Å². The van der Waals surface area contributed by atoms with E-state index in [9.17, 15) is 26.3 Å². The van der Waals surface area contributed by atoms with Crippen LogP contribution in [-0.4, -0.2) is 13.7 Å². The summed E-state index contributed by atoms with van der Waals surface area (Å²) >= 11 is 0. The van der Waals surface area contributed by atoms with Crippen molar-refractivity contribution in [3.8, 4) is 22.6 Å². The minimum absolute atomic E-state index is 0.141. The van der Waals surface area contributed by atoms with Crippen LogP contribution >= 0.6 is 0 Å². The molecule has 0 aliphatic carbocycles. The second kappa shape index (κ2) is 6.39. The lowest BCUT2D eigenvalue weighted by Crippen LogP contribution is -2.09. The molecule has 0 aliphatic heterocycles. The molecule has 124 valence electrons. The number of para-hydroxylation sites is 1. The molecule has 2 rings (SSSR count). The number of halogens is 6. The van der Waals surface area contributed by atoms with Gasteiger partial charge in [0.25, 0.3) is 0 Å². The molecule has 0 radical (unpaired) electrons. The van der Waals surface area contributed by atoms with Crippen LogP contribution in [0.3, 0.4) is 0 Å². The summed E-state index contributed by atoms with van der Waals surface area (Å²) in [7, 11) is 1.02. The molecule has 0 atom stereocenters. The summed E-state index contributed by atoms with van der Waals surface area (Å²) in [6.07, 6.45) is -4.70. The average Bonchev–Trinajstić information content (AvgIpc) is 2.45. The van der Waals surface area contributed by atoms with Crippen molar-refractivity contribution in [3.05, 3.63) is 47.8 Å². The molecule has 2 aromatic carbocycles. The molecule has 0 heterocycles. The van der Waals surface area contributed by atoms with Gasteiger partial charge in [-0.05, 0) is 18.2 Å². The van der Waals surface area contributed by atoms with Crippen LogP contribution < -0.4 is 9.47 Å². The van der Waals surface area contributed by atoms with Gasteiger partial charge in [-0.1, -0.05) is 12.1 Å². The van der Waals surface area contributed by atoms with Gasteiger partial charge in [0.2, 0.25) is 0 Å². The van der Waals surface area contributed by atoms with Gasteiger partial charge in [-0.15, -0.1) is 0 Å². The largest absolute Gasteiger partial charge is 0.495 e. The third-order valence-corrected chi connectivity index (χ3v) is 2.97. The highest BCUT2D eigenvalue weighted by Crippen LogP contribution is 2.44. The fourth-order valence-corrected chi connectivity index (χ4v) is 2.10. The van der Waals surface area contributed by atoms with Gasteiger partial charge in [-0.2, -0.15) is 22.0 Å². The fourth-order valence-electron chi connectivity index (χ4n) is 2.10. The van der Waals surface area contributed by atoms with Crippen molar-refractivity contribution in [1.82, 2.24) is 0 Å². The van der Waals surface area contributed by atoms with Gasteiger partial charge >= 0.3 is 12.8 Å². The molecular formula is C15H10F6O2. The third kappa shape index (κ3) is 3.69. The van der Waals surface area contributed by atoms with E-state index in [2.05, 4.69) is 4.74 Å². The van der Waals surface area contributed by atoms with E-state index in [1.807, 2.05) is 0 Å². The number of alkyl halides is 5. The molecule has 23 heavy (non-hydrogen) atoms. The Bertz CT molecular complexity index is 697. The van der Waals surface area contributed by atoms with Crippen LogP contribution in [0.2, 0.25) is 0 Å². The Morgan fingerprint density at radius 1 is 1.00 bits per heavy atom. The van der Waals surface area contributed by atoms with Crippen molar-refractivity contribution < 1.29 is 35.8 Å². The van der Waals surface area contributed by atoms with Crippen molar-refractivity contribution in [2.24, 2.45) is 0 Å². The first-order valence-corrected chi connectivity index (χ1v) is 6.23. The lowest BCUT2D eigenvalue weighted by molar-refractivity contribution is -0.138. The van der Waals surface area contributed by atoms with Gasteiger partial charge in [0.05, 0.1) is 12.7 Å². The normalized spacial score (nSPS) is 11.7. The van der Waals surface area contributed by atoms with Crippen molar-refractivity contribution in [3.63, 3.8) is 0 Å². The molecule has 0 spiro atoms. The van der Waals surface area contributed by atoms with Crippen molar-refractivity contribution in [1.29, 1.82) is 0 Å². The molecule has 0 bridgehead atoms. The lowest BCUT2D eigenvalue weighted by atomic mass is 10.00. The Kier molecular flexibility index (Phi) is 4.72. The van der Waals surface area contributed by atoms with Gasteiger partial charge in [0, 0.05) is 17.2 Å². The molecule has 0 aromatic heterocycles. The van der Waals surface area contributed by atoms with Gasteiger partial charge in [-0.3, -0.25) is 0 Å². The molecule has 2 nitrogen and oxygen atoms in total. The van der Waals surface area contributed by atoms with Gasteiger partial charge < -0.3 is 9.47 Å². The van der Waals surface area contributed by atoms with Crippen LogP contribution in [0.4, 0.5) is 26.3 Å². The van der Waals surface area contributed by atoms with Crippen molar-refractivity contribution >= 4 is 0 Å². The van der Waals surface area contributed by atoms with E-state index < -0.39 is 35.7 Å². The Morgan fingerprint density at radius 2 is 1.70 bits per heavy atom. The first-order chi connectivity index (χ1) is 10.7. The van der Waals surface area contributed by atoms with Crippen LogP contribution in [0, 0.1) is 5.82 Å². The molecule has 0 saturated carbocycles. The zero-order valence-electron chi connectivity index (χ0n) is 11.6. The molecule has 0 saturated heterocycles. The van der Waals surface area contributed by atoms with E-state index >= 15 is 0 Å². The Balaban J connectivity index is 2.67. The number of rotatable bonds is 4. The van der Waals surface area contributed by atoms with E-state index in [1.165, 1.54) is 6.07 Å². The van der Waals surface area contributed by atoms with Crippen molar-refractivity contribution in [2.45, 2.75) is 12.8 Å². The molecule has 2 aromatic rings. The van der Waals surface area contributed by atoms with E-state index in [1.54, 1.807) is 0 Å². The minimum atomic E-state index is -4.70. The summed E-state index contributed by atoms with van der Waals surface area (Å²) in [6, 6.07) is 5.76. The van der Waals surface area contributed by atoms with E-state index in [4.69, 9.17) is 4.74 Å². The zero-order chi connectivity index (χ0) is 17.2. The summed E-state index contributed by atoms with van der Waals surface area (Å²) < 4.78 is 86.1. The maximum Gasteiger partial charge on any atom is 0.419 e. The predicted octanol–water partition coefficient (Wildman–Crippen LogP) is 5.12. The quantitative estimate of drug-likeness (QED) is 0.722. The second-order valence-corrected chi connectivity index (χ2v) is 4.40. The minimum Gasteiger partial charge on any atom is -0.495 e. The van der Waals surface area contributed by atoms with Crippen LogP contribution in [0.25, 0.3) is 11.1 Å². The average molecular weight is 336 g/mol. The van der Waals surface area contributed by atoms with Crippen molar-refractivity contribution in [2.75, 3.05) is 7.11 Å². The topological polar surface area (TPSA) is 18.5 Å². The fraction of sp³-hybridized carbons (Fsp3) is 0.200. The van der Waals surface area contributed by atoms with E-state index in [-0.39, 0.29) is 11.1 Å². The highest BCUT2D eigenvalue weighted by atomic mass is 19.4. The third-order valence-electron chi connectivity index (χ3n) is 2.97. The van der Waals surface area contributed by atoms with Crippen LogP contribution in [0.15, 0.2) is 36.4 Å². The first kappa shape index (κ1) is 17.0. The maximum absolute atomic E-state index is 13.2. The van der Waals surface area contributed by atoms with E-state index in [0.29, 0.717) is 6.07 Å². The summed E-state index contributed by atoms with van der Waals surface area (Å²) in [5, 5.41) is 0. The molecule has 0 fully saturated rings. The summed E-state index contributed by atoms with van der Waals surface area (Å²) in [4.78, 5) is 0. The zero-order valence-corrected chi connectivity index (χ0v) is 11.6. The summed E-state index contributed by atoms with van der Waals surface area (Å²) in [5.74, 6) is -2.02. The monoisotopic (exact) mass is 336 g/mol. The number of hydrogen-bond donors (Lipinski definition) is 0. The Labute approximate surface area is 127 Å². The smallest absolute Gasteiger partial charge is 0.419 e. The first-order valence-electron chi connectivity index (χ1n) is 6.23. The summed E-state index contributed by atoms with van der Waals surface area (Å²) in [5.41, 5.74) is -1.36. The molecular weight excluding hydrogens is 326 g/mol. The lowest BCUT2D eigenvalue weighted by Gasteiger charge is -2.17. The predicted molar refractivity (Wildman–Crippen MR) is 70.0 cm³/mol. The highest BCUT2D eigenvalue weighted by Gasteiger charge is 2.35. The summed E-state index contributed by atoms with van der Waals surface area (Å²) in [6.45, 7) is -3.26. The van der Waals surface area contributed by atoms with Crippen LogP contribution in [0.1, 0.15) is 5.56 Å². The Morgan fingerprint density at radius 3 is 2.26 bits per heavy atom. The maximum atomic E-state index is 13.2. The molecule has 8 heteroatoms. The van der Waals surface area contributed by atoms with Crippen LogP contribution in [-0.2, 0) is 6.18 Å². The van der Waals surface area contributed by atoms with Crippen LogP contribution in [0.5, 0.6) is 11.5 Å². The van der Waals surface area contributed by atoms with E-state index in [0.717, 1.165) is 31.4 Å². The molecule has 0 amide bonds. The van der Waals surface area contributed by atoms with Gasteiger partial charge in [-0.25, -0.2) is 4.39 Å².